The van der Waals surface area contributed by atoms with Crippen LogP contribution in [0.4, 0.5) is 0 Å². The van der Waals surface area contributed by atoms with Gasteiger partial charge in [0.1, 0.15) is 6.54 Å². The molecule has 20 heavy (non-hydrogen) atoms. The Hall–Kier alpha value is -1.63. The fourth-order valence-corrected chi connectivity index (χ4v) is 2.21. The van der Waals surface area contributed by atoms with Gasteiger partial charge in [-0.15, -0.1) is 0 Å². The van der Waals surface area contributed by atoms with Crippen LogP contribution in [-0.2, 0) is 14.3 Å². The van der Waals surface area contributed by atoms with Crippen molar-refractivity contribution in [1.29, 1.82) is 0 Å². The lowest BCUT2D eigenvalue weighted by molar-refractivity contribution is -0.151. The van der Waals surface area contributed by atoms with Gasteiger partial charge in [-0.25, -0.2) is 0 Å². The molecular formula is C13H24N4O3. The number of esters is 1. The van der Waals surface area contributed by atoms with Gasteiger partial charge >= 0.3 is 5.97 Å². The Morgan fingerprint density at radius 1 is 1.50 bits per heavy atom. The zero-order valence-electron chi connectivity index (χ0n) is 12.5. The number of amidine groups is 1. The van der Waals surface area contributed by atoms with Crippen molar-refractivity contribution < 1.29 is 14.3 Å². The minimum absolute atomic E-state index is 0.0161. The molecule has 0 aliphatic carbocycles. The first-order valence-corrected chi connectivity index (χ1v) is 6.78. The molecule has 7 heteroatoms. The van der Waals surface area contributed by atoms with Gasteiger partial charge in [0, 0.05) is 19.6 Å². The van der Waals surface area contributed by atoms with Gasteiger partial charge in [-0.1, -0.05) is 0 Å². The van der Waals surface area contributed by atoms with Crippen LogP contribution in [0.3, 0.4) is 0 Å². The van der Waals surface area contributed by atoms with Gasteiger partial charge in [0.25, 0.3) is 0 Å². The Morgan fingerprint density at radius 2 is 2.20 bits per heavy atom. The fourth-order valence-electron chi connectivity index (χ4n) is 2.21. The van der Waals surface area contributed by atoms with E-state index in [0.29, 0.717) is 25.3 Å². The van der Waals surface area contributed by atoms with E-state index in [4.69, 9.17) is 5.73 Å². The summed E-state index contributed by atoms with van der Waals surface area (Å²) >= 11 is 0. The molecule has 0 saturated carbocycles. The van der Waals surface area contributed by atoms with E-state index in [-0.39, 0.29) is 24.5 Å². The van der Waals surface area contributed by atoms with Crippen molar-refractivity contribution in [3.8, 4) is 0 Å². The van der Waals surface area contributed by atoms with Crippen molar-refractivity contribution in [2.75, 3.05) is 40.3 Å². The van der Waals surface area contributed by atoms with Gasteiger partial charge in [-0.2, -0.15) is 0 Å². The summed E-state index contributed by atoms with van der Waals surface area (Å²) in [5.41, 5.74) is 5.47. The first-order valence-electron chi connectivity index (χ1n) is 6.78. The summed E-state index contributed by atoms with van der Waals surface area (Å²) in [6.07, 6.45) is 1.51. The van der Waals surface area contributed by atoms with E-state index in [1.54, 1.807) is 11.8 Å². The molecule has 1 heterocycles. The van der Waals surface area contributed by atoms with Gasteiger partial charge in [-0.3, -0.25) is 19.5 Å². The van der Waals surface area contributed by atoms with E-state index in [2.05, 4.69) is 9.73 Å². The minimum atomic E-state index is -0.384. The lowest BCUT2D eigenvalue weighted by Gasteiger charge is -2.38. The molecule has 114 valence electrons. The molecule has 1 unspecified atom stereocenters. The van der Waals surface area contributed by atoms with Gasteiger partial charge < -0.3 is 15.4 Å². The van der Waals surface area contributed by atoms with Crippen molar-refractivity contribution in [2.24, 2.45) is 10.7 Å². The third-order valence-corrected chi connectivity index (χ3v) is 3.40. The van der Waals surface area contributed by atoms with E-state index in [1.807, 2.05) is 11.9 Å². The van der Waals surface area contributed by atoms with Crippen LogP contribution >= 0.6 is 0 Å². The molecule has 0 bridgehead atoms. The first kappa shape index (κ1) is 16.4. The number of amides is 1. The third kappa shape index (κ3) is 4.80. The van der Waals surface area contributed by atoms with E-state index < -0.39 is 0 Å². The predicted octanol–water partition coefficient (Wildman–Crippen LogP) is -0.541. The summed E-state index contributed by atoms with van der Waals surface area (Å²) in [5, 5.41) is 0. The molecule has 2 N–H and O–H groups in total. The van der Waals surface area contributed by atoms with Crippen LogP contribution in [0.5, 0.6) is 0 Å². The first-order chi connectivity index (χ1) is 9.45. The van der Waals surface area contributed by atoms with E-state index >= 15 is 0 Å². The number of ether oxygens (including phenoxy) is 1. The Morgan fingerprint density at radius 3 is 2.80 bits per heavy atom. The second-order valence-electron chi connectivity index (χ2n) is 5.00. The second-order valence-corrected chi connectivity index (χ2v) is 5.00. The molecule has 1 saturated heterocycles. The summed E-state index contributed by atoms with van der Waals surface area (Å²) in [4.78, 5) is 31.3. The molecule has 0 aromatic rings. The van der Waals surface area contributed by atoms with Crippen LogP contribution in [0.1, 0.15) is 19.8 Å². The number of aliphatic imine (C=N–C) groups is 1. The standard InChI is InChI=1S/C13H24N4O3/c1-10(14)15-6-4-5-11-13(19)17(8-7-16(11)2)9-12(18)20-3/h11H,4-9H2,1-3H3,(H2,14,15). The zero-order valence-corrected chi connectivity index (χ0v) is 12.5. The van der Waals surface area contributed by atoms with Crippen LogP contribution in [0, 0.1) is 0 Å². The molecule has 7 nitrogen and oxygen atoms in total. The number of carbonyl (C=O) groups is 2. The quantitative estimate of drug-likeness (QED) is 0.306. The van der Waals surface area contributed by atoms with E-state index in [0.717, 1.165) is 13.0 Å². The largest absolute Gasteiger partial charge is 0.468 e. The van der Waals surface area contributed by atoms with Gasteiger partial charge in [0.2, 0.25) is 5.91 Å². The molecule has 0 radical (unpaired) electrons. The number of hydrogen-bond donors (Lipinski definition) is 1. The van der Waals surface area contributed by atoms with Crippen LogP contribution in [0.25, 0.3) is 0 Å². The highest BCUT2D eigenvalue weighted by Gasteiger charge is 2.33. The van der Waals surface area contributed by atoms with Crippen LogP contribution in [0.15, 0.2) is 4.99 Å². The number of methoxy groups -OCH3 is 1. The van der Waals surface area contributed by atoms with E-state index in [1.165, 1.54) is 7.11 Å². The molecule has 1 rings (SSSR count). The Labute approximate surface area is 119 Å². The summed E-state index contributed by atoms with van der Waals surface area (Å²) in [5.74, 6) is 0.156. The highest BCUT2D eigenvalue weighted by Crippen LogP contribution is 2.14. The summed E-state index contributed by atoms with van der Waals surface area (Å²) < 4.78 is 4.61. The normalized spacial score (nSPS) is 21.1. The zero-order chi connectivity index (χ0) is 15.1. The molecule has 0 aromatic carbocycles. The summed E-state index contributed by atoms with van der Waals surface area (Å²) in [7, 11) is 3.25. The number of hydrogen-bond acceptors (Lipinski definition) is 5. The number of carbonyl (C=O) groups excluding carboxylic acids is 2. The lowest BCUT2D eigenvalue weighted by Crippen LogP contribution is -2.56. The van der Waals surface area contributed by atoms with Crippen LogP contribution in [-0.4, -0.2) is 73.9 Å². The molecule has 0 spiro atoms. The molecule has 1 atom stereocenters. The Bertz CT molecular complexity index is 380. The highest BCUT2D eigenvalue weighted by atomic mass is 16.5. The Balaban J connectivity index is 2.52. The molecule has 0 aromatic heterocycles. The number of likely N-dealkylation sites (N-methyl/N-ethyl adjacent to an activating group) is 1. The minimum Gasteiger partial charge on any atom is -0.468 e. The third-order valence-electron chi connectivity index (χ3n) is 3.40. The number of rotatable bonds is 6. The van der Waals surface area contributed by atoms with Gasteiger partial charge in [0.15, 0.2) is 0 Å². The maximum atomic E-state index is 12.3. The van der Waals surface area contributed by atoms with Gasteiger partial charge in [-0.05, 0) is 26.8 Å². The summed E-state index contributed by atoms with van der Waals surface area (Å²) in [6, 6.07) is -0.193. The van der Waals surface area contributed by atoms with Crippen molar-refractivity contribution in [3.05, 3.63) is 0 Å². The molecular weight excluding hydrogens is 260 g/mol. The van der Waals surface area contributed by atoms with Crippen molar-refractivity contribution >= 4 is 17.7 Å². The van der Waals surface area contributed by atoms with Crippen molar-refractivity contribution in [2.45, 2.75) is 25.8 Å². The van der Waals surface area contributed by atoms with E-state index in [9.17, 15) is 9.59 Å². The van der Waals surface area contributed by atoms with Crippen LogP contribution in [0.2, 0.25) is 0 Å². The topological polar surface area (TPSA) is 88.2 Å². The summed E-state index contributed by atoms with van der Waals surface area (Å²) in [6.45, 7) is 3.71. The Kier molecular flexibility index (Phi) is 6.44. The number of piperazine rings is 1. The SMILES string of the molecule is COC(=O)CN1CCN(C)C(CCCN=C(C)N)C1=O. The van der Waals surface area contributed by atoms with Crippen molar-refractivity contribution in [3.63, 3.8) is 0 Å². The van der Waals surface area contributed by atoms with Gasteiger partial charge in [0.05, 0.1) is 19.0 Å². The molecule has 1 fully saturated rings. The average Bonchev–Trinajstić information content (AvgIpc) is 2.40. The number of nitrogens with two attached hydrogens (primary N) is 1. The maximum Gasteiger partial charge on any atom is 0.325 e. The molecule has 1 amide bonds. The lowest BCUT2D eigenvalue weighted by atomic mass is 10.1. The van der Waals surface area contributed by atoms with Crippen molar-refractivity contribution in [1.82, 2.24) is 9.80 Å². The number of nitrogens with zero attached hydrogens (tertiary/aromatic N) is 3. The van der Waals surface area contributed by atoms with Crippen LogP contribution < -0.4 is 5.73 Å². The highest BCUT2D eigenvalue weighted by molar-refractivity contribution is 5.86. The maximum absolute atomic E-state index is 12.3. The second kappa shape index (κ2) is 7.84. The smallest absolute Gasteiger partial charge is 0.325 e. The monoisotopic (exact) mass is 284 g/mol. The average molecular weight is 284 g/mol. The fraction of sp³-hybridized carbons (Fsp3) is 0.769. The molecule has 1 aliphatic rings. The predicted molar refractivity (Wildman–Crippen MR) is 76.4 cm³/mol. The molecule has 1 aliphatic heterocycles.